The highest BCUT2D eigenvalue weighted by Crippen LogP contribution is 2.19. The molecular weight excluding hydrogens is 212 g/mol. The summed E-state index contributed by atoms with van der Waals surface area (Å²) in [7, 11) is 0. The van der Waals surface area contributed by atoms with Crippen molar-refractivity contribution in [3.05, 3.63) is 24.3 Å². The maximum absolute atomic E-state index is 5.66. The molecule has 0 fully saturated rings. The van der Waals surface area contributed by atoms with Crippen LogP contribution in [0.1, 0.15) is 13.8 Å². The van der Waals surface area contributed by atoms with Crippen LogP contribution in [0.25, 0.3) is 11.0 Å². The number of imidazole rings is 1. The van der Waals surface area contributed by atoms with Crippen LogP contribution in [0.2, 0.25) is 0 Å². The Morgan fingerprint density at radius 3 is 2.82 bits per heavy atom. The Balaban J connectivity index is 2.35. The maximum Gasteiger partial charge on any atom is 0.203 e. The summed E-state index contributed by atoms with van der Waals surface area (Å²) in [6, 6.07) is 8.15. The minimum atomic E-state index is 0.598. The molecule has 0 atom stereocenters. The topological polar surface area (TPSA) is 55.9 Å². The molecule has 0 radical (unpaired) electrons. The Bertz CT molecular complexity index is 487. The monoisotopic (exact) mass is 232 g/mol. The number of fused-ring (bicyclic) bond motifs is 1. The van der Waals surface area contributed by atoms with Gasteiger partial charge in [0.25, 0.3) is 0 Å². The minimum absolute atomic E-state index is 0.598. The zero-order chi connectivity index (χ0) is 12.3. The second-order valence-electron chi connectivity index (χ2n) is 4.64. The summed E-state index contributed by atoms with van der Waals surface area (Å²) >= 11 is 0. The number of hydrogen-bond donors (Lipinski definition) is 2. The molecule has 17 heavy (non-hydrogen) atoms. The van der Waals surface area contributed by atoms with E-state index in [9.17, 15) is 0 Å². The lowest BCUT2D eigenvalue weighted by atomic mass is 10.2. The fraction of sp³-hybridized carbons (Fsp3) is 0.462. The van der Waals surface area contributed by atoms with Gasteiger partial charge in [-0.15, -0.1) is 0 Å². The number of anilines is 1. The SMILES string of the molecule is CC(C)CNc1nc2ccccc2n1CCN. The normalized spacial score (nSPS) is 11.3. The van der Waals surface area contributed by atoms with Crippen LogP contribution in [0.4, 0.5) is 5.95 Å². The van der Waals surface area contributed by atoms with Gasteiger partial charge in [0, 0.05) is 19.6 Å². The second-order valence-corrected chi connectivity index (χ2v) is 4.64. The molecule has 0 aliphatic rings. The maximum atomic E-state index is 5.66. The van der Waals surface area contributed by atoms with Gasteiger partial charge in [-0.2, -0.15) is 0 Å². The zero-order valence-corrected chi connectivity index (χ0v) is 10.5. The molecule has 1 aromatic carbocycles. The summed E-state index contributed by atoms with van der Waals surface area (Å²) in [4.78, 5) is 4.60. The highest BCUT2D eigenvalue weighted by molar-refractivity contribution is 5.78. The number of rotatable bonds is 5. The van der Waals surface area contributed by atoms with Crippen LogP contribution in [0.3, 0.4) is 0 Å². The number of nitrogens with two attached hydrogens (primary N) is 1. The van der Waals surface area contributed by atoms with E-state index < -0.39 is 0 Å². The smallest absolute Gasteiger partial charge is 0.203 e. The summed E-state index contributed by atoms with van der Waals surface area (Å²) in [5, 5.41) is 3.38. The van der Waals surface area contributed by atoms with Crippen LogP contribution < -0.4 is 11.1 Å². The van der Waals surface area contributed by atoms with E-state index in [0.29, 0.717) is 12.5 Å². The van der Waals surface area contributed by atoms with E-state index in [1.54, 1.807) is 0 Å². The third kappa shape index (κ3) is 2.58. The lowest BCUT2D eigenvalue weighted by Crippen LogP contribution is -2.16. The van der Waals surface area contributed by atoms with Crippen molar-refractivity contribution in [2.75, 3.05) is 18.4 Å². The van der Waals surface area contributed by atoms with E-state index in [1.165, 1.54) is 0 Å². The lowest BCUT2D eigenvalue weighted by molar-refractivity contribution is 0.670. The summed E-state index contributed by atoms with van der Waals surface area (Å²) in [5.74, 6) is 1.52. The van der Waals surface area contributed by atoms with Gasteiger partial charge in [-0.3, -0.25) is 0 Å². The molecular formula is C13H20N4. The predicted octanol–water partition coefficient (Wildman–Crippen LogP) is 2.06. The third-order valence-corrected chi connectivity index (χ3v) is 2.68. The standard InChI is InChI=1S/C13H20N4/c1-10(2)9-15-13-16-11-5-3-4-6-12(11)17(13)8-7-14/h3-6,10H,7-9,14H2,1-2H3,(H,15,16). The molecule has 0 saturated carbocycles. The highest BCUT2D eigenvalue weighted by Gasteiger charge is 2.09. The van der Waals surface area contributed by atoms with Crippen LogP contribution in [0.5, 0.6) is 0 Å². The molecule has 2 rings (SSSR count). The third-order valence-electron chi connectivity index (χ3n) is 2.68. The minimum Gasteiger partial charge on any atom is -0.355 e. The first kappa shape index (κ1) is 11.9. The number of aromatic nitrogens is 2. The van der Waals surface area contributed by atoms with Gasteiger partial charge in [0.05, 0.1) is 11.0 Å². The van der Waals surface area contributed by atoms with Gasteiger partial charge in [0.2, 0.25) is 5.95 Å². The van der Waals surface area contributed by atoms with Crippen molar-refractivity contribution < 1.29 is 0 Å². The van der Waals surface area contributed by atoms with E-state index >= 15 is 0 Å². The van der Waals surface area contributed by atoms with Crippen molar-refractivity contribution in [3.63, 3.8) is 0 Å². The first-order chi connectivity index (χ1) is 8.22. The molecule has 0 unspecified atom stereocenters. The van der Waals surface area contributed by atoms with Gasteiger partial charge < -0.3 is 15.6 Å². The summed E-state index contributed by atoms with van der Waals surface area (Å²) in [6.45, 7) is 6.71. The molecule has 0 spiro atoms. The van der Waals surface area contributed by atoms with Gasteiger partial charge in [-0.05, 0) is 18.1 Å². The summed E-state index contributed by atoms with van der Waals surface area (Å²) in [5.41, 5.74) is 7.82. The largest absolute Gasteiger partial charge is 0.355 e. The second kappa shape index (κ2) is 5.19. The molecule has 2 aromatic rings. The van der Waals surface area contributed by atoms with Crippen molar-refractivity contribution in [2.24, 2.45) is 11.7 Å². The molecule has 92 valence electrons. The van der Waals surface area contributed by atoms with Crippen molar-refractivity contribution >= 4 is 17.0 Å². The van der Waals surface area contributed by atoms with E-state index in [1.807, 2.05) is 18.2 Å². The lowest BCUT2D eigenvalue weighted by Gasteiger charge is -2.11. The Kier molecular flexibility index (Phi) is 3.64. The van der Waals surface area contributed by atoms with Crippen LogP contribution >= 0.6 is 0 Å². The van der Waals surface area contributed by atoms with Crippen molar-refractivity contribution in [3.8, 4) is 0 Å². The summed E-state index contributed by atoms with van der Waals surface area (Å²) < 4.78 is 2.15. The Hall–Kier alpha value is -1.55. The fourth-order valence-corrected chi connectivity index (χ4v) is 1.86. The molecule has 1 aromatic heterocycles. The van der Waals surface area contributed by atoms with E-state index in [4.69, 9.17) is 5.73 Å². The number of nitrogens with one attached hydrogen (secondary N) is 1. The van der Waals surface area contributed by atoms with Crippen LogP contribution in [0, 0.1) is 5.92 Å². The highest BCUT2D eigenvalue weighted by atomic mass is 15.2. The number of hydrogen-bond acceptors (Lipinski definition) is 3. The van der Waals surface area contributed by atoms with E-state index in [2.05, 4.69) is 34.8 Å². The van der Waals surface area contributed by atoms with Crippen molar-refractivity contribution in [2.45, 2.75) is 20.4 Å². The Labute approximate surface area is 102 Å². The molecule has 0 amide bonds. The number of benzene rings is 1. The van der Waals surface area contributed by atoms with Gasteiger partial charge in [0.15, 0.2) is 0 Å². The fourth-order valence-electron chi connectivity index (χ4n) is 1.86. The van der Waals surface area contributed by atoms with Crippen molar-refractivity contribution in [1.29, 1.82) is 0 Å². The molecule has 0 bridgehead atoms. The quantitative estimate of drug-likeness (QED) is 0.829. The Morgan fingerprint density at radius 2 is 2.12 bits per heavy atom. The van der Waals surface area contributed by atoms with Gasteiger partial charge in [0.1, 0.15) is 0 Å². The van der Waals surface area contributed by atoms with Crippen molar-refractivity contribution in [1.82, 2.24) is 9.55 Å². The van der Waals surface area contributed by atoms with Crippen LogP contribution in [0.15, 0.2) is 24.3 Å². The van der Waals surface area contributed by atoms with E-state index in [-0.39, 0.29) is 0 Å². The summed E-state index contributed by atoms with van der Waals surface area (Å²) in [6.07, 6.45) is 0. The molecule has 3 N–H and O–H groups in total. The number of nitrogens with zero attached hydrogens (tertiary/aromatic N) is 2. The van der Waals surface area contributed by atoms with Gasteiger partial charge >= 0.3 is 0 Å². The molecule has 1 heterocycles. The van der Waals surface area contributed by atoms with Crippen LogP contribution in [-0.4, -0.2) is 22.6 Å². The first-order valence-electron chi connectivity index (χ1n) is 6.11. The number of para-hydroxylation sites is 2. The Morgan fingerprint density at radius 1 is 1.35 bits per heavy atom. The molecule has 4 nitrogen and oxygen atoms in total. The average molecular weight is 232 g/mol. The first-order valence-corrected chi connectivity index (χ1v) is 6.11. The van der Waals surface area contributed by atoms with E-state index in [0.717, 1.165) is 30.1 Å². The average Bonchev–Trinajstić information content (AvgIpc) is 2.66. The predicted molar refractivity (Wildman–Crippen MR) is 72.1 cm³/mol. The van der Waals surface area contributed by atoms with Gasteiger partial charge in [-0.25, -0.2) is 4.98 Å². The molecule has 0 aliphatic carbocycles. The zero-order valence-electron chi connectivity index (χ0n) is 10.5. The molecule has 0 aliphatic heterocycles. The van der Waals surface area contributed by atoms with Gasteiger partial charge in [-0.1, -0.05) is 26.0 Å². The molecule has 0 saturated heterocycles. The van der Waals surface area contributed by atoms with Crippen LogP contribution in [-0.2, 0) is 6.54 Å². The molecule has 4 heteroatoms.